The molecule has 7 nitrogen and oxygen atoms in total. The molecule has 30 heavy (non-hydrogen) atoms. The molecule has 1 atom stereocenters. The molecule has 156 valence electrons. The van der Waals surface area contributed by atoms with Crippen molar-refractivity contribution in [1.29, 1.82) is 0 Å². The molecule has 0 aliphatic heterocycles. The van der Waals surface area contributed by atoms with E-state index in [2.05, 4.69) is 32.7 Å². The summed E-state index contributed by atoms with van der Waals surface area (Å²) in [6.07, 6.45) is 1.61. The van der Waals surface area contributed by atoms with Crippen molar-refractivity contribution >= 4 is 27.7 Å². The van der Waals surface area contributed by atoms with Crippen LogP contribution in [0.4, 0.5) is 4.39 Å². The first kappa shape index (κ1) is 22.0. The van der Waals surface area contributed by atoms with Gasteiger partial charge in [-0.05, 0) is 49.4 Å². The summed E-state index contributed by atoms with van der Waals surface area (Å²) in [4.78, 5) is 11.0. The van der Waals surface area contributed by atoms with E-state index in [0.717, 1.165) is 4.47 Å². The number of aromatic nitrogens is 3. The zero-order valence-corrected chi connectivity index (χ0v) is 18.4. The quantitative estimate of drug-likeness (QED) is 0.177. The number of benzene rings is 2. The highest BCUT2D eigenvalue weighted by molar-refractivity contribution is 9.10. The van der Waals surface area contributed by atoms with Gasteiger partial charge in [-0.2, -0.15) is 0 Å². The molecule has 0 unspecified atom stereocenters. The molecule has 2 aromatic carbocycles. The molecule has 10 heteroatoms. The molecule has 0 aliphatic rings. The Morgan fingerprint density at radius 1 is 1.33 bits per heavy atom. The molecular weight excluding hydrogens is 475 g/mol. The topological polar surface area (TPSA) is 83.1 Å². The van der Waals surface area contributed by atoms with Crippen LogP contribution in [0.15, 0.2) is 64.7 Å². The smallest absolute Gasteiger partial charge is 0.220 e. The zero-order valence-electron chi connectivity index (χ0n) is 16.0. The van der Waals surface area contributed by atoms with Gasteiger partial charge < -0.3 is 4.74 Å². The van der Waals surface area contributed by atoms with Crippen LogP contribution in [0.2, 0.25) is 0 Å². The fourth-order valence-corrected chi connectivity index (χ4v) is 4.39. The number of aryl methyl sites for hydroxylation is 1. The lowest BCUT2D eigenvalue weighted by atomic mass is 10.1. The number of halogens is 2. The van der Waals surface area contributed by atoms with Gasteiger partial charge in [0.25, 0.3) is 0 Å². The summed E-state index contributed by atoms with van der Waals surface area (Å²) in [5.74, 6) is 0.756. The molecule has 0 spiro atoms. The summed E-state index contributed by atoms with van der Waals surface area (Å²) in [6, 6.07) is 11.3. The zero-order chi connectivity index (χ0) is 21.7. The van der Waals surface area contributed by atoms with Gasteiger partial charge in [0, 0.05) is 20.6 Å². The van der Waals surface area contributed by atoms with Gasteiger partial charge in [0.1, 0.15) is 29.2 Å². The summed E-state index contributed by atoms with van der Waals surface area (Å²) in [6.45, 7) is 5.33. The van der Waals surface area contributed by atoms with Crippen molar-refractivity contribution in [2.24, 2.45) is 0 Å². The first-order chi connectivity index (χ1) is 14.4. The number of hydrogen-bond donors (Lipinski definition) is 0. The van der Waals surface area contributed by atoms with Crippen LogP contribution in [-0.4, -0.2) is 32.8 Å². The molecule has 0 bridgehead atoms. The lowest BCUT2D eigenvalue weighted by molar-refractivity contribution is -0.479. The Bertz CT molecular complexity index is 1060. The van der Waals surface area contributed by atoms with Gasteiger partial charge >= 0.3 is 0 Å². The average molecular weight is 493 g/mol. The third-order valence-electron chi connectivity index (χ3n) is 4.12. The molecule has 1 aromatic heterocycles. The van der Waals surface area contributed by atoms with Crippen molar-refractivity contribution < 1.29 is 14.1 Å². The summed E-state index contributed by atoms with van der Waals surface area (Å²) in [5, 5.41) is 19.6. The second-order valence-corrected chi connectivity index (χ2v) is 8.33. The maximum Gasteiger partial charge on any atom is 0.220 e. The van der Waals surface area contributed by atoms with Crippen LogP contribution in [0.5, 0.6) is 5.75 Å². The monoisotopic (exact) mass is 492 g/mol. The van der Waals surface area contributed by atoms with Crippen molar-refractivity contribution in [1.82, 2.24) is 14.8 Å². The van der Waals surface area contributed by atoms with E-state index in [1.807, 2.05) is 0 Å². The fraction of sp³-hybridized carbons (Fsp3) is 0.200. The Labute approximate surface area is 185 Å². The maximum atomic E-state index is 13.3. The van der Waals surface area contributed by atoms with Gasteiger partial charge in [-0.3, -0.25) is 14.7 Å². The SMILES string of the molecule is C=CCOc1ccc(Br)cc1[C@H](C[N+](=O)[O-])Sc1nnc(C)n1-c1ccc(F)cc1. The lowest BCUT2D eigenvalue weighted by Crippen LogP contribution is -2.12. The minimum atomic E-state index is -0.597. The Morgan fingerprint density at radius 3 is 2.73 bits per heavy atom. The summed E-state index contributed by atoms with van der Waals surface area (Å²) in [5.41, 5.74) is 1.32. The van der Waals surface area contributed by atoms with Crippen molar-refractivity contribution in [3.05, 3.63) is 86.9 Å². The molecular formula is C20H18BrFN4O3S. The van der Waals surface area contributed by atoms with Crippen LogP contribution in [0, 0.1) is 22.9 Å². The number of rotatable bonds is 9. The van der Waals surface area contributed by atoms with Crippen LogP contribution in [-0.2, 0) is 0 Å². The predicted molar refractivity (Wildman–Crippen MR) is 116 cm³/mol. The van der Waals surface area contributed by atoms with Gasteiger partial charge in [0.15, 0.2) is 5.16 Å². The van der Waals surface area contributed by atoms with E-state index in [1.165, 1.54) is 23.9 Å². The number of thioether (sulfide) groups is 1. The van der Waals surface area contributed by atoms with Gasteiger partial charge in [-0.1, -0.05) is 40.3 Å². The molecule has 0 fully saturated rings. The summed E-state index contributed by atoms with van der Waals surface area (Å²) in [7, 11) is 0. The molecule has 3 aromatic rings. The first-order valence-electron chi connectivity index (χ1n) is 8.88. The van der Waals surface area contributed by atoms with Crippen LogP contribution < -0.4 is 4.74 Å². The highest BCUT2D eigenvalue weighted by atomic mass is 79.9. The van der Waals surface area contributed by atoms with Gasteiger partial charge in [-0.15, -0.1) is 10.2 Å². The molecule has 0 radical (unpaired) electrons. The fourth-order valence-electron chi connectivity index (χ4n) is 2.82. The maximum absolute atomic E-state index is 13.3. The number of ether oxygens (including phenoxy) is 1. The van der Waals surface area contributed by atoms with Crippen molar-refractivity contribution in [3.8, 4) is 11.4 Å². The van der Waals surface area contributed by atoms with E-state index in [4.69, 9.17) is 4.74 Å². The van der Waals surface area contributed by atoms with E-state index < -0.39 is 5.25 Å². The van der Waals surface area contributed by atoms with Gasteiger partial charge in [0.2, 0.25) is 6.54 Å². The highest BCUT2D eigenvalue weighted by Crippen LogP contribution is 2.41. The minimum Gasteiger partial charge on any atom is -0.489 e. The molecule has 3 rings (SSSR count). The largest absolute Gasteiger partial charge is 0.489 e. The Kier molecular flexibility index (Phi) is 7.22. The molecule has 0 amide bonds. The molecule has 0 N–H and O–H groups in total. The van der Waals surface area contributed by atoms with Crippen LogP contribution in [0.3, 0.4) is 0 Å². The second kappa shape index (κ2) is 9.86. The Balaban J connectivity index is 2.02. The molecule has 0 saturated heterocycles. The van der Waals surface area contributed by atoms with Gasteiger partial charge in [-0.25, -0.2) is 4.39 Å². The third-order valence-corrected chi connectivity index (χ3v) is 5.77. The Hall–Kier alpha value is -2.72. The number of hydrogen-bond acceptors (Lipinski definition) is 6. The van der Waals surface area contributed by atoms with E-state index >= 15 is 0 Å². The predicted octanol–water partition coefficient (Wildman–Crippen LogP) is 5.15. The first-order valence-corrected chi connectivity index (χ1v) is 10.6. The molecule has 1 heterocycles. The van der Waals surface area contributed by atoms with E-state index in [1.54, 1.807) is 47.9 Å². The van der Waals surface area contributed by atoms with Crippen molar-refractivity contribution in [2.75, 3.05) is 13.2 Å². The molecule has 0 aliphatic carbocycles. The van der Waals surface area contributed by atoms with E-state index in [9.17, 15) is 14.5 Å². The van der Waals surface area contributed by atoms with Crippen molar-refractivity contribution in [2.45, 2.75) is 17.3 Å². The number of nitro groups is 1. The normalized spacial score (nSPS) is 11.8. The van der Waals surface area contributed by atoms with Crippen LogP contribution in [0.25, 0.3) is 5.69 Å². The van der Waals surface area contributed by atoms with E-state index in [0.29, 0.717) is 28.0 Å². The van der Waals surface area contributed by atoms with Crippen molar-refractivity contribution in [3.63, 3.8) is 0 Å². The summed E-state index contributed by atoms with van der Waals surface area (Å²) >= 11 is 4.62. The highest BCUT2D eigenvalue weighted by Gasteiger charge is 2.27. The number of nitrogens with zero attached hydrogens (tertiary/aromatic N) is 4. The summed E-state index contributed by atoms with van der Waals surface area (Å²) < 4.78 is 21.6. The third kappa shape index (κ3) is 5.25. The Morgan fingerprint density at radius 2 is 2.07 bits per heavy atom. The second-order valence-electron chi connectivity index (χ2n) is 6.25. The molecule has 0 saturated carbocycles. The van der Waals surface area contributed by atoms with E-state index in [-0.39, 0.29) is 23.9 Å². The van der Waals surface area contributed by atoms with Gasteiger partial charge in [0.05, 0.1) is 0 Å². The average Bonchev–Trinajstić information content (AvgIpc) is 3.07. The minimum absolute atomic E-state index is 0.273. The van der Waals surface area contributed by atoms with Crippen LogP contribution in [0.1, 0.15) is 16.6 Å². The van der Waals surface area contributed by atoms with Crippen LogP contribution >= 0.6 is 27.7 Å². The lowest BCUT2D eigenvalue weighted by Gasteiger charge is -2.18. The standard InChI is InChI=1S/C20H18BrFN4O3S/c1-3-10-29-18-9-4-14(21)11-17(18)19(12-25(27)28)30-20-24-23-13(2)26(20)16-7-5-15(22)6-8-16/h3-9,11,19H,1,10,12H2,2H3/t19-/m0/s1.